The van der Waals surface area contributed by atoms with Gasteiger partial charge < -0.3 is 9.47 Å². The fourth-order valence-electron chi connectivity index (χ4n) is 2.16. The van der Waals surface area contributed by atoms with E-state index in [4.69, 9.17) is 9.47 Å². The minimum atomic E-state index is -0.101. The first-order valence-corrected chi connectivity index (χ1v) is 6.45. The van der Waals surface area contributed by atoms with Gasteiger partial charge in [0.15, 0.2) is 0 Å². The molecule has 5 nitrogen and oxygen atoms in total. The highest BCUT2D eigenvalue weighted by atomic mass is 16.6. The van der Waals surface area contributed by atoms with Gasteiger partial charge in [-0.15, -0.1) is 0 Å². The van der Waals surface area contributed by atoms with E-state index in [1.807, 2.05) is 12.1 Å². The molecule has 2 heterocycles. The Hall–Kier alpha value is -1.88. The van der Waals surface area contributed by atoms with E-state index in [1.165, 1.54) is 11.6 Å². The number of carbonyl (C=O) groups is 1. The Balaban J connectivity index is 2.06. The summed E-state index contributed by atoms with van der Waals surface area (Å²) >= 11 is 0. The van der Waals surface area contributed by atoms with Crippen LogP contribution in [0, 0.1) is 0 Å². The van der Waals surface area contributed by atoms with Crippen molar-refractivity contribution < 1.29 is 14.3 Å². The fraction of sp³-hybridized carbons (Fsp3) is 0.429. The molecule has 1 fully saturated rings. The monoisotopic (exact) mass is 260 g/mol. The van der Waals surface area contributed by atoms with E-state index in [1.54, 1.807) is 6.20 Å². The molecule has 0 N–H and O–H groups in total. The van der Waals surface area contributed by atoms with Gasteiger partial charge in [-0.1, -0.05) is 13.0 Å². The Morgan fingerprint density at radius 1 is 1.58 bits per heavy atom. The van der Waals surface area contributed by atoms with Crippen LogP contribution < -0.4 is 4.74 Å². The number of aromatic nitrogens is 2. The molecule has 19 heavy (non-hydrogen) atoms. The number of nitrogens with zero attached hydrogens (tertiary/aromatic N) is 2. The second-order valence-electron chi connectivity index (χ2n) is 4.68. The summed E-state index contributed by atoms with van der Waals surface area (Å²) in [7, 11) is 0. The third-order valence-corrected chi connectivity index (χ3v) is 3.28. The van der Waals surface area contributed by atoms with E-state index >= 15 is 0 Å². The van der Waals surface area contributed by atoms with Crippen LogP contribution >= 0.6 is 0 Å². The first-order chi connectivity index (χ1) is 9.20. The van der Waals surface area contributed by atoms with Crippen molar-refractivity contribution in [3.05, 3.63) is 23.9 Å². The van der Waals surface area contributed by atoms with Gasteiger partial charge >= 0.3 is 0 Å². The normalized spacial score (nSPS) is 17.7. The average molecular weight is 260 g/mol. The van der Waals surface area contributed by atoms with Crippen molar-refractivity contribution in [2.75, 3.05) is 13.2 Å². The van der Waals surface area contributed by atoms with Gasteiger partial charge in [0.25, 0.3) is 0 Å². The number of benzene rings is 1. The smallest absolute Gasteiger partial charge is 0.244 e. The number of epoxide rings is 1. The van der Waals surface area contributed by atoms with Crippen molar-refractivity contribution in [2.45, 2.75) is 26.4 Å². The zero-order chi connectivity index (χ0) is 13.4. The molecule has 1 atom stereocenters. The molecule has 5 heteroatoms. The van der Waals surface area contributed by atoms with Gasteiger partial charge in [0.1, 0.15) is 18.5 Å². The van der Waals surface area contributed by atoms with Crippen molar-refractivity contribution in [1.82, 2.24) is 9.78 Å². The first-order valence-electron chi connectivity index (χ1n) is 6.45. The lowest BCUT2D eigenvalue weighted by atomic mass is 10.1. The largest absolute Gasteiger partial charge is 0.490 e. The maximum Gasteiger partial charge on any atom is 0.244 e. The summed E-state index contributed by atoms with van der Waals surface area (Å²) in [5, 5.41) is 5.01. The summed E-state index contributed by atoms with van der Waals surface area (Å²) in [6.07, 6.45) is 2.78. The lowest BCUT2D eigenvalue weighted by Gasteiger charge is -2.11. The number of hydrogen-bond donors (Lipinski definition) is 0. The van der Waals surface area contributed by atoms with E-state index in [0.29, 0.717) is 6.61 Å². The minimum absolute atomic E-state index is 0.101. The van der Waals surface area contributed by atoms with Crippen LogP contribution in [0.4, 0.5) is 0 Å². The predicted octanol–water partition coefficient (Wildman–Crippen LogP) is 2.04. The van der Waals surface area contributed by atoms with Crippen molar-refractivity contribution in [3.8, 4) is 5.75 Å². The van der Waals surface area contributed by atoms with E-state index in [-0.39, 0.29) is 12.0 Å². The van der Waals surface area contributed by atoms with Gasteiger partial charge in [-0.05, 0) is 18.1 Å². The van der Waals surface area contributed by atoms with Crippen LogP contribution in [-0.2, 0) is 11.2 Å². The zero-order valence-corrected chi connectivity index (χ0v) is 11.0. The van der Waals surface area contributed by atoms with Gasteiger partial charge in [-0.2, -0.15) is 5.10 Å². The standard InChI is InChI=1S/C14H16N2O3/c1-3-10-4-5-13-12(6-15-16(13)9(2)17)14(10)19-8-11-7-18-11/h4-6,11H,3,7-8H2,1-2H3. The molecule has 0 spiro atoms. The molecule has 0 saturated carbocycles. The quantitative estimate of drug-likeness (QED) is 0.789. The molecule has 1 aromatic heterocycles. The molecule has 1 aliphatic rings. The lowest BCUT2D eigenvalue weighted by molar-refractivity contribution is 0.0927. The van der Waals surface area contributed by atoms with Crippen LogP contribution in [-0.4, -0.2) is 35.0 Å². The number of aryl methyl sites for hydroxylation is 1. The fourth-order valence-corrected chi connectivity index (χ4v) is 2.16. The lowest BCUT2D eigenvalue weighted by Crippen LogP contribution is -2.08. The maximum atomic E-state index is 11.5. The molecule has 1 aromatic carbocycles. The second-order valence-corrected chi connectivity index (χ2v) is 4.68. The molecule has 0 aliphatic carbocycles. The van der Waals surface area contributed by atoms with Crippen LogP contribution in [0.2, 0.25) is 0 Å². The SMILES string of the molecule is CCc1ccc2c(cnn2C(C)=O)c1OCC1CO1. The molecule has 0 bridgehead atoms. The number of hydrogen-bond acceptors (Lipinski definition) is 4. The summed E-state index contributed by atoms with van der Waals surface area (Å²) in [4.78, 5) is 11.5. The minimum Gasteiger partial charge on any atom is -0.490 e. The van der Waals surface area contributed by atoms with Crippen LogP contribution in [0.25, 0.3) is 10.9 Å². The third kappa shape index (κ3) is 2.21. The maximum absolute atomic E-state index is 11.5. The molecule has 1 aliphatic heterocycles. The molecule has 0 radical (unpaired) electrons. The Morgan fingerprint density at radius 3 is 3.00 bits per heavy atom. The van der Waals surface area contributed by atoms with Gasteiger partial charge in [0.2, 0.25) is 5.91 Å². The zero-order valence-electron chi connectivity index (χ0n) is 11.0. The number of rotatable bonds is 4. The van der Waals surface area contributed by atoms with E-state index in [9.17, 15) is 4.79 Å². The van der Waals surface area contributed by atoms with E-state index < -0.39 is 0 Å². The molecule has 1 saturated heterocycles. The van der Waals surface area contributed by atoms with Crippen molar-refractivity contribution >= 4 is 16.8 Å². The summed E-state index contributed by atoms with van der Waals surface area (Å²) < 4.78 is 12.4. The number of carbonyl (C=O) groups excluding carboxylic acids is 1. The first kappa shape index (κ1) is 12.2. The number of ether oxygens (including phenoxy) is 2. The highest BCUT2D eigenvalue weighted by Gasteiger charge is 2.24. The topological polar surface area (TPSA) is 56.7 Å². The highest BCUT2D eigenvalue weighted by Crippen LogP contribution is 2.31. The third-order valence-electron chi connectivity index (χ3n) is 3.28. The van der Waals surface area contributed by atoms with Gasteiger partial charge in [0, 0.05) is 6.92 Å². The Kier molecular flexibility index (Phi) is 2.98. The highest BCUT2D eigenvalue weighted by molar-refractivity contribution is 5.93. The summed E-state index contributed by atoms with van der Waals surface area (Å²) in [5.41, 5.74) is 1.91. The Morgan fingerprint density at radius 2 is 2.37 bits per heavy atom. The molecular weight excluding hydrogens is 244 g/mol. The molecule has 1 unspecified atom stereocenters. The van der Waals surface area contributed by atoms with E-state index in [0.717, 1.165) is 35.2 Å². The summed E-state index contributed by atoms with van der Waals surface area (Å²) in [6, 6.07) is 3.91. The second kappa shape index (κ2) is 4.66. The van der Waals surface area contributed by atoms with Gasteiger partial charge in [-0.3, -0.25) is 4.79 Å². The van der Waals surface area contributed by atoms with Gasteiger partial charge in [-0.25, -0.2) is 4.68 Å². The average Bonchev–Trinajstić information content (AvgIpc) is 3.12. The summed E-state index contributed by atoms with van der Waals surface area (Å²) in [6.45, 7) is 4.90. The molecule has 0 amide bonds. The molecule has 3 rings (SSSR count). The number of fused-ring (bicyclic) bond motifs is 1. The van der Waals surface area contributed by atoms with Crippen LogP contribution in [0.5, 0.6) is 5.75 Å². The van der Waals surface area contributed by atoms with Crippen molar-refractivity contribution in [2.24, 2.45) is 0 Å². The molecular formula is C14H16N2O3. The van der Waals surface area contributed by atoms with Crippen LogP contribution in [0.15, 0.2) is 18.3 Å². The summed E-state index contributed by atoms with van der Waals surface area (Å²) in [5.74, 6) is 0.721. The van der Waals surface area contributed by atoms with Crippen LogP contribution in [0.1, 0.15) is 24.2 Å². The van der Waals surface area contributed by atoms with Crippen molar-refractivity contribution in [1.29, 1.82) is 0 Å². The Bertz CT molecular complexity index is 629. The molecule has 100 valence electrons. The van der Waals surface area contributed by atoms with E-state index in [2.05, 4.69) is 12.0 Å². The Labute approximate surface area is 111 Å². The predicted molar refractivity (Wildman–Crippen MR) is 70.6 cm³/mol. The van der Waals surface area contributed by atoms with Crippen molar-refractivity contribution in [3.63, 3.8) is 0 Å². The van der Waals surface area contributed by atoms with Crippen LogP contribution in [0.3, 0.4) is 0 Å². The molecule has 2 aromatic rings. The van der Waals surface area contributed by atoms with Gasteiger partial charge in [0.05, 0.1) is 23.7 Å².